The summed E-state index contributed by atoms with van der Waals surface area (Å²) < 4.78 is 7.58. The number of nitrogens with two attached hydrogens (primary N) is 1. The molecule has 1 saturated carbocycles. The molecule has 2 N–H and O–H groups in total. The molecule has 2 aliphatic carbocycles. The van der Waals surface area contributed by atoms with Crippen molar-refractivity contribution < 1.29 is 4.74 Å². The number of anilines is 1. The summed E-state index contributed by atoms with van der Waals surface area (Å²) in [6.07, 6.45) is 12.9. The molecule has 1 aromatic rings. The molecule has 0 aromatic carbocycles. The van der Waals surface area contributed by atoms with E-state index < -0.39 is 0 Å². The fourth-order valence-corrected chi connectivity index (χ4v) is 2.74. The number of nitrogen functional groups attached to an aromatic ring is 1. The summed E-state index contributed by atoms with van der Waals surface area (Å²) in [5, 5.41) is 4.22. The van der Waals surface area contributed by atoms with E-state index in [1.54, 1.807) is 10.9 Å². The van der Waals surface area contributed by atoms with Crippen molar-refractivity contribution in [3.63, 3.8) is 0 Å². The molecule has 2 aliphatic rings. The fourth-order valence-electron chi connectivity index (χ4n) is 2.74. The summed E-state index contributed by atoms with van der Waals surface area (Å²) in [6, 6.07) is 0. The Hall–Kier alpha value is -1.42. The molecule has 18 heavy (non-hydrogen) atoms. The van der Waals surface area contributed by atoms with Crippen LogP contribution in [0, 0.1) is 11.8 Å². The topological polar surface area (TPSA) is 53.1 Å². The summed E-state index contributed by atoms with van der Waals surface area (Å²) in [6.45, 7) is 0. The lowest BCUT2D eigenvalue weighted by atomic mass is 9.92. The molecule has 1 heterocycles. The Bertz CT molecular complexity index is 461. The smallest absolute Gasteiger partial charge is 0.256 e. The summed E-state index contributed by atoms with van der Waals surface area (Å²) in [5.74, 6) is 1.81. The third-order valence-electron chi connectivity index (χ3n) is 3.55. The number of allylic oxidation sites excluding steroid dienone is 4. The van der Waals surface area contributed by atoms with Crippen molar-refractivity contribution in [1.82, 2.24) is 9.78 Å². The molecule has 0 spiro atoms. The van der Waals surface area contributed by atoms with Crippen LogP contribution in [0.4, 0.5) is 5.69 Å². The highest BCUT2D eigenvalue weighted by Gasteiger charge is 2.33. The molecule has 5 heteroatoms. The van der Waals surface area contributed by atoms with Gasteiger partial charge in [-0.25, -0.2) is 0 Å². The summed E-state index contributed by atoms with van der Waals surface area (Å²) >= 11 is 0. The van der Waals surface area contributed by atoms with E-state index in [-0.39, 0.29) is 18.5 Å². The number of aryl methyl sites for hydroxylation is 1. The third-order valence-corrected chi connectivity index (χ3v) is 3.55. The molecule has 0 bridgehead atoms. The summed E-state index contributed by atoms with van der Waals surface area (Å²) in [7, 11) is 1.85. The van der Waals surface area contributed by atoms with E-state index in [9.17, 15) is 0 Å². The molecular weight excluding hydrogens is 250 g/mol. The normalized spacial score (nSPS) is 28.8. The van der Waals surface area contributed by atoms with E-state index in [2.05, 4.69) is 29.4 Å². The largest absolute Gasteiger partial charge is 0.472 e. The predicted octanol–water partition coefficient (Wildman–Crippen LogP) is 2.32. The molecule has 98 valence electrons. The van der Waals surface area contributed by atoms with Crippen LogP contribution in [0.25, 0.3) is 0 Å². The SMILES string of the molecule is Cl.Cn1cc(N)c(OC2CC3C=CC=CC3C2)n1. The van der Waals surface area contributed by atoms with Crippen molar-refractivity contribution in [1.29, 1.82) is 0 Å². The van der Waals surface area contributed by atoms with E-state index in [0.29, 0.717) is 23.4 Å². The molecule has 0 amide bonds. The average molecular weight is 268 g/mol. The molecule has 3 rings (SSSR count). The van der Waals surface area contributed by atoms with Crippen LogP contribution < -0.4 is 10.5 Å². The minimum Gasteiger partial charge on any atom is -0.472 e. The van der Waals surface area contributed by atoms with Crippen molar-refractivity contribution >= 4 is 18.1 Å². The molecule has 0 radical (unpaired) electrons. The van der Waals surface area contributed by atoms with Gasteiger partial charge >= 0.3 is 0 Å². The molecule has 1 fully saturated rings. The maximum Gasteiger partial charge on any atom is 0.256 e. The van der Waals surface area contributed by atoms with E-state index >= 15 is 0 Å². The Morgan fingerprint density at radius 3 is 2.39 bits per heavy atom. The first kappa shape index (κ1) is 13.0. The van der Waals surface area contributed by atoms with Gasteiger partial charge in [-0.2, -0.15) is 0 Å². The van der Waals surface area contributed by atoms with Crippen LogP contribution in [-0.4, -0.2) is 15.9 Å². The zero-order valence-electron chi connectivity index (χ0n) is 10.3. The minimum absolute atomic E-state index is 0. The molecule has 0 aliphatic heterocycles. The molecule has 2 atom stereocenters. The van der Waals surface area contributed by atoms with E-state index in [1.807, 2.05) is 7.05 Å². The number of aromatic nitrogens is 2. The van der Waals surface area contributed by atoms with Crippen molar-refractivity contribution in [2.75, 3.05) is 5.73 Å². The van der Waals surface area contributed by atoms with Crippen LogP contribution in [0.5, 0.6) is 5.88 Å². The highest BCUT2D eigenvalue weighted by Crippen LogP contribution is 2.38. The lowest BCUT2D eigenvalue weighted by Gasteiger charge is -2.12. The van der Waals surface area contributed by atoms with Crippen molar-refractivity contribution in [2.24, 2.45) is 18.9 Å². The predicted molar refractivity (Wildman–Crippen MR) is 73.8 cm³/mol. The van der Waals surface area contributed by atoms with Gasteiger partial charge in [0.15, 0.2) is 0 Å². The zero-order valence-corrected chi connectivity index (χ0v) is 11.1. The summed E-state index contributed by atoms with van der Waals surface area (Å²) in [5.41, 5.74) is 6.45. The minimum atomic E-state index is 0. The van der Waals surface area contributed by atoms with Crippen LogP contribution in [0.1, 0.15) is 12.8 Å². The standard InChI is InChI=1S/C13H17N3O.ClH/c1-16-8-12(14)13(15-16)17-11-6-9-4-2-3-5-10(9)7-11;/h2-5,8-11H,6-7,14H2,1H3;1H. The number of hydrogen-bond donors (Lipinski definition) is 1. The maximum atomic E-state index is 5.89. The molecule has 0 saturated heterocycles. The van der Waals surface area contributed by atoms with Gasteiger partial charge in [0.2, 0.25) is 0 Å². The number of halogens is 1. The first-order valence-electron chi connectivity index (χ1n) is 6.03. The molecule has 1 aromatic heterocycles. The van der Waals surface area contributed by atoms with Crippen molar-refractivity contribution in [3.8, 4) is 5.88 Å². The van der Waals surface area contributed by atoms with Crippen molar-refractivity contribution in [2.45, 2.75) is 18.9 Å². The zero-order chi connectivity index (χ0) is 11.8. The maximum absolute atomic E-state index is 5.89. The van der Waals surface area contributed by atoms with Gasteiger partial charge in [-0.15, -0.1) is 17.5 Å². The number of hydrogen-bond acceptors (Lipinski definition) is 3. The lowest BCUT2D eigenvalue weighted by Crippen LogP contribution is -2.13. The number of rotatable bonds is 2. The fraction of sp³-hybridized carbons (Fsp3) is 0.462. The first-order valence-corrected chi connectivity index (χ1v) is 6.03. The second-order valence-electron chi connectivity index (χ2n) is 4.87. The molecular formula is C13H18ClN3O. The van der Waals surface area contributed by atoms with Gasteiger partial charge in [0.1, 0.15) is 11.8 Å². The Kier molecular flexibility index (Phi) is 3.66. The Morgan fingerprint density at radius 2 is 1.89 bits per heavy atom. The Labute approximate surface area is 113 Å². The van der Waals surface area contributed by atoms with Gasteiger partial charge in [0.05, 0.1) is 6.20 Å². The Balaban J connectivity index is 0.00000120. The van der Waals surface area contributed by atoms with Gasteiger partial charge in [0, 0.05) is 7.05 Å². The van der Waals surface area contributed by atoms with Gasteiger partial charge < -0.3 is 10.5 Å². The second kappa shape index (κ2) is 5.06. The third kappa shape index (κ3) is 2.38. The molecule has 2 unspecified atom stereocenters. The Morgan fingerprint density at radius 1 is 1.28 bits per heavy atom. The van der Waals surface area contributed by atoms with Crippen LogP contribution in [0.15, 0.2) is 30.5 Å². The first-order chi connectivity index (χ1) is 8.22. The van der Waals surface area contributed by atoms with Crippen LogP contribution in [-0.2, 0) is 7.05 Å². The van der Waals surface area contributed by atoms with Crippen molar-refractivity contribution in [3.05, 3.63) is 30.5 Å². The van der Waals surface area contributed by atoms with Crippen LogP contribution in [0.2, 0.25) is 0 Å². The number of fused-ring (bicyclic) bond motifs is 1. The van der Waals surface area contributed by atoms with Crippen LogP contribution >= 0.6 is 12.4 Å². The second-order valence-corrected chi connectivity index (χ2v) is 4.87. The average Bonchev–Trinajstić information content (AvgIpc) is 2.82. The van der Waals surface area contributed by atoms with E-state index in [1.165, 1.54) is 0 Å². The monoisotopic (exact) mass is 267 g/mol. The van der Waals surface area contributed by atoms with Gasteiger partial charge in [0.25, 0.3) is 5.88 Å². The highest BCUT2D eigenvalue weighted by atomic mass is 35.5. The van der Waals surface area contributed by atoms with Crippen LogP contribution in [0.3, 0.4) is 0 Å². The lowest BCUT2D eigenvalue weighted by molar-refractivity contribution is 0.196. The molecule has 4 nitrogen and oxygen atoms in total. The number of ether oxygens (including phenoxy) is 1. The van der Waals surface area contributed by atoms with Gasteiger partial charge in [-0.3, -0.25) is 4.68 Å². The quantitative estimate of drug-likeness (QED) is 0.895. The number of nitrogens with zero attached hydrogens (tertiary/aromatic N) is 2. The van der Waals surface area contributed by atoms with Gasteiger partial charge in [-0.1, -0.05) is 24.3 Å². The van der Waals surface area contributed by atoms with E-state index in [4.69, 9.17) is 10.5 Å². The van der Waals surface area contributed by atoms with Gasteiger partial charge in [-0.05, 0) is 24.7 Å². The summed E-state index contributed by atoms with van der Waals surface area (Å²) in [4.78, 5) is 0. The van der Waals surface area contributed by atoms with E-state index in [0.717, 1.165) is 12.8 Å². The highest BCUT2D eigenvalue weighted by molar-refractivity contribution is 5.85.